The highest BCUT2D eigenvalue weighted by Gasteiger charge is 2.26. The third-order valence-electron chi connectivity index (χ3n) is 6.30. The van der Waals surface area contributed by atoms with Gasteiger partial charge in [-0.25, -0.2) is 0 Å². The summed E-state index contributed by atoms with van der Waals surface area (Å²) in [6.07, 6.45) is 7.84. The SMILES string of the molecule is COc1ccc(C2CCCC2)cc1CN[C@H]1CCCN[C@H]1c1ccccc1.Cl. The number of hydrogen-bond donors (Lipinski definition) is 2. The maximum Gasteiger partial charge on any atom is 0.123 e. The second-order valence-electron chi connectivity index (χ2n) is 8.02. The summed E-state index contributed by atoms with van der Waals surface area (Å²) in [6.45, 7) is 1.96. The minimum absolute atomic E-state index is 0. The summed E-state index contributed by atoms with van der Waals surface area (Å²) in [5.74, 6) is 1.74. The molecule has 1 saturated carbocycles. The summed E-state index contributed by atoms with van der Waals surface area (Å²) in [4.78, 5) is 0. The first-order chi connectivity index (χ1) is 13.3. The van der Waals surface area contributed by atoms with Gasteiger partial charge in [-0.05, 0) is 55.3 Å². The van der Waals surface area contributed by atoms with E-state index >= 15 is 0 Å². The first-order valence-electron chi connectivity index (χ1n) is 10.5. The van der Waals surface area contributed by atoms with Crippen molar-refractivity contribution >= 4 is 12.4 Å². The molecule has 0 bridgehead atoms. The first-order valence-corrected chi connectivity index (χ1v) is 10.5. The topological polar surface area (TPSA) is 33.3 Å². The maximum absolute atomic E-state index is 5.66. The van der Waals surface area contributed by atoms with E-state index in [2.05, 4.69) is 59.2 Å². The van der Waals surface area contributed by atoms with Gasteiger partial charge < -0.3 is 15.4 Å². The molecule has 2 N–H and O–H groups in total. The van der Waals surface area contributed by atoms with Gasteiger partial charge in [-0.15, -0.1) is 12.4 Å². The molecule has 0 amide bonds. The number of ether oxygens (including phenoxy) is 1. The third kappa shape index (κ3) is 4.89. The lowest BCUT2D eigenvalue weighted by Crippen LogP contribution is -2.45. The van der Waals surface area contributed by atoms with Crippen LogP contribution in [0.1, 0.15) is 67.2 Å². The molecular formula is C24H33ClN2O. The van der Waals surface area contributed by atoms with Crippen molar-refractivity contribution in [1.82, 2.24) is 10.6 Å². The second kappa shape index (κ2) is 10.3. The molecule has 28 heavy (non-hydrogen) atoms. The average Bonchev–Trinajstić information content (AvgIpc) is 3.28. The molecule has 1 heterocycles. The molecule has 2 aromatic rings. The zero-order valence-electron chi connectivity index (χ0n) is 16.8. The molecule has 2 aromatic carbocycles. The van der Waals surface area contributed by atoms with E-state index in [4.69, 9.17) is 4.74 Å². The third-order valence-corrected chi connectivity index (χ3v) is 6.30. The van der Waals surface area contributed by atoms with Gasteiger partial charge >= 0.3 is 0 Å². The zero-order valence-corrected chi connectivity index (χ0v) is 17.6. The number of piperidine rings is 1. The largest absolute Gasteiger partial charge is 0.496 e. The lowest BCUT2D eigenvalue weighted by molar-refractivity contribution is 0.303. The summed E-state index contributed by atoms with van der Waals surface area (Å²) in [7, 11) is 1.78. The van der Waals surface area contributed by atoms with E-state index in [-0.39, 0.29) is 12.4 Å². The lowest BCUT2D eigenvalue weighted by atomic mass is 9.91. The fourth-order valence-corrected chi connectivity index (χ4v) is 4.81. The quantitative estimate of drug-likeness (QED) is 0.684. The van der Waals surface area contributed by atoms with E-state index in [0.29, 0.717) is 12.1 Å². The van der Waals surface area contributed by atoms with Crippen molar-refractivity contribution in [2.24, 2.45) is 0 Å². The molecule has 2 atom stereocenters. The molecule has 2 fully saturated rings. The van der Waals surface area contributed by atoms with Crippen LogP contribution in [0.15, 0.2) is 48.5 Å². The standard InChI is InChI=1S/C24H32N2O.ClH/c1-27-23-14-13-20(18-8-5-6-9-18)16-21(23)17-26-22-12-7-15-25-24(22)19-10-3-2-4-11-19;/h2-4,10-11,13-14,16,18,22,24-26H,5-9,12,15,17H2,1H3;1H/t22-,24-;/m0./s1. The van der Waals surface area contributed by atoms with Crippen LogP contribution in [0.4, 0.5) is 0 Å². The number of benzene rings is 2. The smallest absolute Gasteiger partial charge is 0.123 e. The molecule has 4 rings (SSSR count). The molecule has 1 aliphatic heterocycles. The number of hydrogen-bond acceptors (Lipinski definition) is 3. The predicted molar refractivity (Wildman–Crippen MR) is 118 cm³/mol. The molecule has 2 aliphatic rings. The van der Waals surface area contributed by atoms with E-state index in [9.17, 15) is 0 Å². The minimum atomic E-state index is 0. The number of methoxy groups -OCH3 is 1. The van der Waals surface area contributed by atoms with Crippen LogP contribution in [-0.4, -0.2) is 19.7 Å². The van der Waals surface area contributed by atoms with Gasteiger partial charge in [0.25, 0.3) is 0 Å². The van der Waals surface area contributed by atoms with Crippen LogP contribution < -0.4 is 15.4 Å². The Morgan fingerprint density at radius 1 is 0.964 bits per heavy atom. The highest BCUT2D eigenvalue weighted by atomic mass is 35.5. The summed E-state index contributed by atoms with van der Waals surface area (Å²) < 4.78 is 5.66. The van der Waals surface area contributed by atoms with Crippen molar-refractivity contribution < 1.29 is 4.74 Å². The molecular weight excluding hydrogens is 368 g/mol. The van der Waals surface area contributed by atoms with Gasteiger partial charge in [0.15, 0.2) is 0 Å². The Hall–Kier alpha value is -1.55. The van der Waals surface area contributed by atoms with E-state index in [1.54, 1.807) is 7.11 Å². The van der Waals surface area contributed by atoms with Gasteiger partial charge in [0, 0.05) is 24.2 Å². The summed E-state index contributed by atoms with van der Waals surface area (Å²) >= 11 is 0. The van der Waals surface area contributed by atoms with Gasteiger partial charge in [0.2, 0.25) is 0 Å². The molecule has 0 radical (unpaired) electrons. The Labute approximate surface area is 175 Å². The highest BCUT2D eigenvalue weighted by Crippen LogP contribution is 2.36. The molecule has 3 nitrogen and oxygen atoms in total. The molecule has 1 saturated heterocycles. The Balaban J connectivity index is 0.00000225. The molecule has 0 aromatic heterocycles. The van der Waals surface area contributed by atoms with Gasteiger partial charge in [-0.1, -0.05) is 55.3 Å². The van der Waals surface area contributed by atoms with Crippen LogP contribution in [0.3, 0.4) is 0 Å². The Morgan fingerprint density at radius 2 is 1.75 bits per heavy atom. The molecule has 0 spiro atoms. The Kier molecular flexibility index (Phi) is 7.78. The molecule has 152 valence electrons. The summed E-state index contributed by atoms with van der Waals surface area (Å²) in [5, 5.41) is 7.55. The second-order valence-corrected chi connectivity index (χ2v) is 8.02. The lowest BCUT2D eigenvalue weighted by Gasteiger charge is -2.34. The van der Waals surface area contributed by atoms with Crippen molar-refractivity contribution in [3.05, 3.63) is 65.2 Å². The number of rotatable bonds is 6. The minimum Gasteiger partial charge on any atom is -0.496 e. The van der Waals surface area contributed by atoms with Crippen molar-refractivity contribution in [2.45, 2.75) is 63.1 Å². The normalized spacial score (nSPS) is 22.6. The fraction of sp³-hybridized carbons (Fsp3) is 0.500. The van der Waals surface area contributed by atoms with Crippen LogP contribution in [0.5, 0.6) is 5.75 Å². The van der Waals surface area contributed by atoms with Crippen molar-refractivity contribution in [3.8, 4) is 5.75 Å². The monoisotopic (exact) mass is 400 g/mol. The van der Waals surface area contributed by atoms with Gasteiger partial charge in [-0.3, -0.25) is 0 Å². The molecule has 1 aliphatic carbocycles. The predicted octanol–water partition coefficient (Wildman–Crippen LogP) is 5.36. The molecule has 0 unspecified atom stereocenters. The molecule has 4 heteroatoms. The van der Waals surface area contributed by atoms with Crippen LogP contribution in [0.25, 0.3) is 0 Å². The van der Waals surface area contributed by atoms with E-state index in [1.807, 2.05) is 0 Å². The summed E-state index contributed by atoms with van der Waals surface area (Å²) in [6, 6.07) is 18.5. The van der Waals surface area contributed by atoms with Crippen LogP contribution in [-0.2, 0) is 6.54 Å². The maximum atomic E-state index is 5.66. The zero-order chi connectivity index (χ0) is 18.5. The van der Waals surface area contributed by atoms with Crippen molar-refractivity contribution in [2.75, 3.05) is 13.7 Å². The van der Waals surface area contributed by atoms with E-state index in [0.717, 1.165) is 24.8 Å². The van der Waals surface area contributed by atoms with E-state index < -0.39 is 0 Å². The number of nitrogens with one attached hydrogen (secondary N) is 2. The summed E-state index contributed by atoms with van der Waals surface area (Å²) in [5.41, 5.74) is 4.16. The number of halogens is 1. The Morgan fingerprint density at radius 3 is 2.50 bits per heavy atom. The van der Waals surface area contributed by atoms with Crippen LogP contribution in [0.2, 0.25) is 0 Å². The van der Waals surface area contributed by atoms with Gasteiger partial charge in [0.1, 0.15) is 5.75 Å². The van der Waals surface area contributed by atoms with Gasteiger partial charge in [-0.2, -0.15) is 0 Å². The fourth-order valence-electron chi connectivity index (χ4n) is 4.81. The van der Waals surface area contributed by atoms with Gasteiger partial charge in [0.05, 0.1) is 7.11 Å². The van der Waals surface area contributed by atoms with E-state index in [1.165, 1.54) is 55.2 Å². The highest BCUT2D eigenvalue weighted by molar-refractivity contribution is 5.85. The Bertz CT molecular complexity index is 731. The van der Waals surface area contributed by atoms with Crippen LogP contribution >= 0.6 is 12.4 Å². The van der Waals surface area contributed by atoms with Crippen LogP contribution in [0, 0.1) is 0 Å². The van der Waals surface area contributed by atoms with Crippen molar-refractivity contribution in [1.29, 1.82) is 0 Å². The average molecular weight is 401 g/mol. The first kappa shape index (κ1) is 21.2. The van der Waals surface area contributed by atoms with Crippen molar-refractivity contribution in [3.63, 3.8) is 0 Å².